The smallest absolute Gasteiger partial charge is 0.323 e. The van der Waals surface area contributed by atoms with E-state index in [4.69, 9.17) is 0 Å². The van der Waals surface area contributed by atoms with Gasteiger partial charge in [-0.15, -0.1) is 11.8 Å². The molecule has 3 aromatic rings. The van der Waals surface area contributed by atoms with Gasteiger partial charge >= 0.3 is 5.69 Å². The van der Waals surface area contributed by atoms with E-state index in [9.17, 15) is 4.79 Å². The largest absolute Gasteiger partial charge is 0.379 e. The first kappa shape index (κ1) is 13.8. The minimum atomic E-state index is -0.171. The van der Waals surface area contributed by atoms with Crippen LogP contribution in [0.25, 0.3) is 11.0 Å². The molecule has 4 nitrogen and oxygen atoms in total. The van der Waals surface area contributed by atoms with Gasteiger partial charge in [-0.1, -0.05) is 6.07 Å². The average molecular weight is 299 g/mol. The molecule has 0 spiro atoms. The lowest BCUT2D eigenvalue weighted by molar-refractivity contribution is 0.886. The summed E-state index contributed by atoms with van der Waals surface area (Å²) in [6.45, 7) is 2.11. The topological polar surface area (TPSA) is 60.7 Å². The Labute approximate surface area is 127 Å². The molecule has 1 aromatic heterocycles. The first-order valence-corrected chi connectivity index (χ1v) is 8.01. The molecule has 0 saturated carbocycles. The number of aromatic nitrogens is 2. The second-order valence-electron chi connectivity index (χ2n) is 4.98. The number of imidazole rings is 1. The summed E-state index contributed by atoms with van der Waals surface area (Å²) in [7, 11) is 0. The third-order valence-electron chi connectivity index (χ3n) is 3.51. The van der Waals surface area contributed by atoms with E-state index in [1.165, 1.54) is 4.90 Å². The van der Waals surface area contributed by atoms with E-state index >= 15 is 0 Å². The highest BCUT2D eigenvalue weighted by molar-refractivity contribution is 7.98. The minimum absolute atomic E-state index is 0.160. The first-order chi connectivity index (χ1) is 10.2. The van der Waals surface area contributed by atoms with Crippen LogP contribution in [0.3, 0.4) is 0 Å². The van der Waals surface area contributed by atoms with Crippen LogP contribution in [0.5, 0.6) is 0 Å². The molecule has 1 atom stereocenters. The average Bonchev–Trinajstić information content (AvgIpc) is 2.87. The van der Waals surface area contributed by atoms with Gasteiger partial charge in [0.15, 0.2) is 0 Å². The highest BCUT2D eigenvalue weighted by Gasteiger charge is 2.07. The Balaban J connectivity index is 1.81. The lowest BCUT2D eigenvalue weighted by atomic mass is 10.1. The van der Waals surface area contributed by atoms with Crippen LogP contribution in [0.15, 0.2) is 52.2 Å². The van der Waals surface area contributed by atoms with Crippen molar-refractivity contribution < 1.29 is 0 Å². The number of nitrogens with one attached hydrogen (secondary N) is 3. The molecular weight excluding hydrogens is 282 g/mol. The van der Waals surface area contributed by atoms with Crippen LogP contribution in [-0.4, -0.2) is 16.2 Å². The normalized spacial score (nSPS) is 12.5. The standard InChI is InChI=1S/C16H17N3OS/c1-10(17-12-4-6-13(21-2)7-5-12)11-3-8-14-15(9-11)19-16(20)18-14/h3-10,17H,1-2H3,(H2,18,19,20). The number of hydrogen-bond acceptors (Lipinski definition) is 3. The predicted molar refractivity (Wildman–Crippen MR) is 89.2 cm³/mol. The van der Waals surface area contributed by atoms with Crippen LogP contribution in [0, 0.1) is 0 Å². The van der Waals surface area contributed by atoms with Crippen LogP contribution in [-0.2, 0) is 0 Å². The second kappa shape index (κ2) is 5.69. The zero-order chi connectivity index (χ0) is 14.8. The maximum absolute atomic E-state index is 11.3. The highest BCUT2D eigenvalue weighted by Crippen LogP contribution is 2.23. The number of H-pyrrole nitrogens is 2. The van der Waals surface area contributed by atoms with E-state index in [-0.39, 0.29) is 11.7 Å². The van der Waals surface area contributed by atoms with Crippen molar-refractivity contribution in [3.8, 4) is 0 Å². The van der Waals surface area contributed by atoms with E-state index in [0.717, 1.165) is 22.3 Å². The third-order valence-corrected chi connectivity index (χ3v) is 4.26. The molecule has 3 rings (SSSR count). The van der Waals surface area contributed by atoms with Crippen molar-refractivity contribution in [3.63, 3.8) is 0 Å². The zero-order valence-electron chi connectivity index (χ0n) is 11.9. The fraction of sp³-hybridized carbons (Fsp3) is 0.188. The molecule has 21 heavy (non-hydrogen) atoms. The molecule has 0 aliphatic rings. The summed E-state index contributed by atoms with van der Waals surface area (Å²) >= 11 is 1.73. The van der Waals surface area contributed by atoms with E-state index in [1.54, 1.807) is 11.8 Å². The molecule has 0 saturated heterocycles. The Morgan fingerprint density at radius 3 is 2.48 bits per heavy atom. The first-order valence-electron chi connectivity index (χ1n) is 6.78. The quantitative estimate of drug-likeness (QED) is 0.643. The molecular formula is C16H17N3OS. The van der Waals surface area contributed by atoms with Gasteiger partial charge < -0.3 is 15.3 Å². The van der Waals surface area contributed by atoms with Crippen molar-refractivity contribution in [1.82, 2.24) is 9.97 Å². The number of rotatable bonds is 4. The molecule has 0 radical (unpaired) electrons. The number of thioether (sulfide) groups is 1. The SMILES string of the molecule is CSc1ccc(NC(C)c2ccc3[nH]c(=O)[nH]c3c2)cc1. The Morgan fingerprint density at radius 2 is 1.76 bits per heavy atom. The number of aromatic amines is 2. The number of hydrogen-bond donors (Lipinski definition) is 3. The molecule has 1 heterocycles. The van der Waals surface area contributed by atoms with Crippen LogP contribution >= 0.6 is 11.8 Å². The minimum Gasteiger partial charge on any atom is -0.379 e. The molecule has 0 bridgehead atoms. The van der Waals surface area contributed by atoms with Gasteiger partial charge in [-0.3, -0.25) is 0 Å². The van der Waals surface area contributed by atoms with Crippen LogP contribution in [0.2, 0.25) is 0 Å². The van der Waals surface area contributed by atoms with Gasteiger partial charge in [0.05, 0.1) is 11.0 Å². The van der Waals surface area contributed by atoms with Gasteiger partial charge in [0.25, 0.3) is 0 Å². The maximum Gasteiger partial charge on any atom is 0.323 e. The molecule has 5 heteroatoms. The van der Waals surface area contributed by atoms with E-state index < -0.39 is 0 Å². The number of benzene rings is 2. The molecule has 0 fully saturated rings. The molecule has 0 aliphatic carbocycles. The maximum atomic E-state index is 11.3. The molecule has 0 amide bonds. The third kappa shape index (κ3) is 2.97. The van der Waals surface area contributed by atoms with Gasteiger partial charge in [-0.05, 0) is 55.1 Å². The fourth-order valence-corrected chi connectivity index (χ4v) is 2.75. The van der Waals surface area contributed by atoms with E-state index in [0.29, 0.717) is 0 Å². The Kier molecular flexibility index (Phi) is 3.75. The van der Waals surface area contributed by atoms with Crippen LogP contribution in [0.4, 0.5) is 5.69 Å². The summed E-state index contributed by atoms with van der Waals surface area (Å²) in [4.78, 5) is 18.1. The van der Waals surface area contributed by atoms with Gasteiger partial charge in [-0.25, -0.2) is 4.79 Å². The Morgan fingerprint density at radius 1 is 1.05 bits per heavy atom. The Bertz CT molecular complexity index is 804. The van der Waals surface area contributed by atoms with E-state index in [1.807, 2.05) is 18.2 Å². The van der Waals surface area contributed by atoms with Crippen molar-refractivity contribution in [2.75, 3.05) is 11.6 Å². The second-order valence-corrected chi connectivity index (χ2v) is 5.86. The Hall–Kier alpha value is -2.14. The monoisotopic (exact) mass is 299 g/mol. The summed E-state index contributed by atoms with van der Waals surface area (Å²) in [5.74, 6) is 0. The van der Waals surface area contributed by atoms with Gasteiger partial charge in [0.2, 0.25) is 0 Å². The summed E-state index contributed by atoms with van der Waals surface area (Å²) < 4.78 is 0. The van der Waals surface area contributed by atoms with Crippen molar-refractivity contribution in [3.05, 3.63) is 58.5 Å². The molecule has 2 aromatic carbocycles. The van der Waals surface area contributed by atoms with E-state index in [2.05, 4.69) is 52.7 Å². The summed E-state index contributed by atoms with van der Waals surface area (Å²) in [5.41, 5.74) is 3.72. The number of fused-ring (bicyclic) bond motifs is 1. The van der Waals surface area contributed by atoms with Crippen LogP contribution in [0.1, 0.15) is 18.5 Å². The molecule has 0 aliphatic heterocycles. The summed E-state index contributed by atoms with van der Waals surface area (Å²) in [6, 6.07) is 14.5. The lowest BCUT2D eigenvalue weighted by Crippen LogP contribution is -2.06. The van der Waals surface area contributed by atoms with Gasteiger partial charge in [0.1, 0.15) is 0 Å². The van der Waals surface area contributed by atoms with Gasteiger partial charge in [-0.2, -0.15) is 0 Å². The molecule has 1 unspecified atom stereocenters. The molecule has 3 N–H and O–H groups in total. The van der Waals surface area contributed by atoms with Crippen LogP contribution < -0.4 is 11.0 Å². The zero-order valence-corrected chi connectivity index (χ0v) is 12.8. The summed E-state index contributed by atoms with van der Waals surface area (Å²) in [6.07, 6.45) is 2.07. The van der Waals surface area contributed by atoms with Crippen molar-refractivity contribution in [2.24, 2.45) is 0 Å². The van der Waals surface area contributed by atoms with Crippen molar-refractivity contribution >= 4 is 28.5 Å². The fourth-order valence-electron chi connectivity index (χ4n) is 2.34. The predicted octanol–water partition coefficient (Wildman–Crippen LogP) is 3.75. The molecule has 108 valence electrons. The van der Waals surface area contributed by atoms with Gasteiger partial charge in [0, 0.05) is 16.6 Å². The lowest BCUT2D eigenvalue weighted by Gasteiger charge is -2.16. The van der Waals surface area contributed by atoms with Crippen molar-refractivity contribution in [1.29, 1.82) is 0 Å². The highest BCUT2D eigenvalue weighted by atomic mass is 32.2. The van der Waals surface area contributed by atoms with Crippen molar-refractivity contribution in [2.45, 2.75) is 17.9 Å². The summed E-state index contributed by atoms with van der Waals surface area (Å²) in [5, 5.41) is 3.47. The number of anilines is 1.